The lowest BCUT2D eigenvalue weighted by Gasteiger charge is -2.30. The van der Waals surface area contributed by atoms with Gasteiger partial charge in [-0.1, -0.05) is 91.0 Å². The summed E-state index contributed by atoms with van der Waals surface area (Å²) < 4.78 is 24.0. The van der Waals surface area contributed by atoms with Crippen molar-refractivity contribution < 1.29 is 13.6 Å². The van der Waals surface area contributed by atoms with Crippen molar-refractivity contribution in [2.75, 3.05) is 14.2 Å². The number of hydrogen-bond acceptors (Lipinski definition) is 4. The van der Waals surface area contributed by atoms with Gasteiger partial charge in [0.1, 0.15) is 5.78 Å². The van der Waals surface area contributed by atoms with Gasteiger partial charge in [-0.2, -0.15) is 0 Å². The predicted octanol–water partition coefficient (Wildman–Crippen LogP) is 5.55. The number of hydrogen-bond donors (Lipinski definition) is 1. The molecular weight excluding hydrogens is 357 g/mol. The fraction of sp³-hybridized carbons (Fsp3) is 0.182. The SMILES string of the molecule is COP(=O)(OC)[C@@H](NC(c1ccccc1)c1ccccc1)c1ccccc1. The highest BCUT2D eigenvalue weighted by Gasteiger charge is 2.37. The van der Waals surface area contributed by atoms with Gasteiger partial charge in [-0.15, -0.1) is 0 Å². The Hall–Kier alpha value is -2.23. The first kappa shape index (κ1) is 19.5. The summed E-state index contributed by atoms with van der Waals surface area (Å²) in [6.07, 6.45) is 0. The fourth-order valence-corrected chi connectivity index (χ4v) is 4.56. The first-order valence-electron chi connectivity index (χ1n) is 8.80. The largest absolute Gasteiger partial charge is 0.351 e. The van der Waals surface area contributed by atoms with E-state index in [1.165, 1.54) is 14.2 Å². The van der Waals surface area contributed by atoms with Gasteiger partial charge in [-0.05, 0) is 16.7 Å². The Balaban J connectivity index is 2.06. The molecule has 0 bridgehead atoms. The van der Waals surface area contributed by atoms with Gasteiger partial charge >= 0.3 is 7.60 Å². The highest BCUT2D eigenvalue weighted by Crippen LogP contribution is 2.59. The molecule has 140 valence electrons. The van der Waals surface area contributed by atoms with Crippen LogP contribution in [0.2, 0.25) is 0 Å². The summed E-state index contributed by atoms with van der Waals surface area (Å²) in [5, 5.41) is 3.53. The van der Waals surface area contributed by atoms with Gasteiger partial charge in [0.15, 0.2) is 0 Å². The average molecular weight is 381 g/mol. The molecule has 3 rings (SSSR count). The van der Waals surface area contributed by atoms with Crippen LogP contribution < -0.4 is 5.32 Å². The third-order valence-electron chi connectivity index (χ3n) is 4.53. The maximum atomic E-state index is 13.3. The standard InChI is InChI=1S/C22H24NO3P/c1-25-27(24,26-2)22(20-16-10-5-11-17-20)23-21(18-12-6-3-7-13-18)19-14-8-4-9-15-19/h3-17,21-23H,1-2H3/t22-/m1/s1. The molecule has 0 radical (unpaired) electrons. The summed E-state index contributed by atoms with van der Waals surface area (Å²) in [4.78, 5) is 0. The van der Waals surface area contributed by atoms with Crippen LogP contribution >= 0.6 is 7.60 Å². The van der Waals surface area contributed by atoms with Crippen LogP contribution in [0.3, 0.4) is 0 Å². The van der Waals surface area contributed by atoms with Crippen LogP contribution in [-0.4, -0.2) is 14.2 Å². The highest BCUT2D eigenvalue weighted by atomic mass is 31.2. The zero-order chi connectivity index (χ0) is 19.1. The molecule has 0 saturated heterocycles. The van der Waals surface area contributed by atoms with Crippen LogP contribution in [0.25, 0.3) is 0 Å². The molecule has 0 aliphatic heterocycles. The molecule has 0 aliphatic carbocycles. The van der Waals surface area contributed by atoms with Gasteiger partial charge in [0.05, 0.1) is 6.04 Å². The van der Waals surface area contributed by atoms with Gasteiger partial charge in [0.2, 0.25) is 0 Å². The van der Waals surface area contributed by atoms with Crippen LogP contribution in [0.15, 0.2) is 91.0 Å². The van der Waals surface area contributed by atoms with Crippen LogP contribution in [0.1, 0.15) is 28.5 Å². The van der Waals surface area contributed by atoms with E-state index in [9.17, 15) is 4.57 Å². The van der Waals surface area contributed by atoms with Crippen molar-refractivity contribution in [2.24, 2.45) is 0 Å². The Morgan fingerprint density at radius 2 is 1.04 bits per heavy atom. The Kier molecular flexibility index (Phi) is 6.59. The number of benzene rings is 3. The lowest BCUT2D eigenvalue weighted by molar-refractivity contribution is 0.257. The Morgan fingerprint density at radius 1 is 0.667 bits per heavy atom. The summed E-state index contributed by atoms with van der Waals surface area (Å²) >= 11 is 0. The maximum Gasteiger partial charge on any atom is 0.351 e. The molecule has 3 aromatic carbocycles. The minimum Gasteiger partial charge on any atom is -0.311 e. The molecule has 4 nitrogen and oxygen atoms in total. The Bertz CT molecular complexity index is 824. The number of rotatable bonds is 8. The lowest BCUT2D eigenvalue weighted by Crippen LogP contribution is -2.28. The van der Waals surface area contributed by atoms with Crippen molar-refractivity contribution in [2.45, 2.75) is 11.8 Å². The van der Waals surface area contributed by atoms with E-state index < -0.39 is 13.4 Å². The third-order valence-corrected chi connectivity index (χ3v) is 6.63. The van der Waals surface area contributed by atoms with Crippen molar-refractivity contribution in [1.29, 1.82) is 0 Å². The van der Waals surface area contributed by atoms with E-state index in [2.05, 4.69) is 29.6 Å². The van der Waals surface area contributed by atoms with E-state index in [1.54, 1.807) is 0 Å². The fourth-order valence-electron chi connectivity index (χ4n) is 3.12. The Morgan fingerprint density at radius 3 is 1.41 bits per heavy atom. The van der Waals surface area contributed by atoms with E-state index in [1.807, 2.05) is 66.7 Å². The van der Waals surface area contributed by atoms with Crippen LogP contribution in [0.5, 0.6) is 0 Å². The molecule has 1 atom stereocenters. The van der Waals surface area contributed by atoms with E-state index in [0.29, 0.717) is 0 Å². The molecule has 0 unspecified atom stereocenters. The average Bonchev–Trinajstić information content (AvgIpc) is 2.76. The first-order valence-corrected chi connectivity index (χ1v) is 10.4. The summed E-state index contributed by atoms with van der Waals surface area (Å²) in [5.41, 5.74) is 2.99. The summed E-state index contributed by atoms with van der Waals surface area (Å²) in [5.74, 6) is -0.612. The number of nitrogens with one attached hydrogen (secondary N) is 1. The second-order valence-electron chi connectivity index (χ2n) is 6.14. The molecule has 0 amide bonds. The second kappa shape index (κ2) is 9.12. The quantitative estimate of drug-likeness (QED) is 0.520. The lowest BCUT2D eigenvalue weighted by atomic mass is 9.98. The van der Waals surface area contributed by atoms with Gasteiger partial charge in [-0.3, -0.25) is 9.88 Å². The van der Waals surface area contributed by atoms with E-state index in [4.69, 9.17) is 9.05 Å². The van der Waals surface area contributed by atoms with Gasteiger partial charge in [0, 0.05) is 14.2 Å². The molecule has 1 N–H and O–H groups in total. The molecule has 0 aromatic heterocycles. The summed E-state index contributed by atoms with van der Waals surface area (Å²) in [6, 6.07) is 29.6. The minimum atomic E-state index is -3.42. The maximum absolute atomic E-state index is 13.3. The van der Waals surface area contributed by atoms with Crippen molar-refractivity contribution >= 4 is 7.60 Å². The second-order valence-corrected chi connectivity index (χ2v) is 8.47. The molecule has 0 fully saturated rings. The van der Waals surface area contributed by atoms with Crippen molar-refractivity contribution in [3.05, 3.63) is 108 Å². The monoisotopic (exact) mass is 381 g/mol. The van der Waals surface area contributed by atoms with E-state index >= 15 is 0 Å². The zero-order valence-corrected chi connectivity index (χ0v) is 16.4. The van der Waals surface area contributed by atoms with Crippen molar-refractivity contribution in [3.8, 4) is 0 Å². The summed E-state index contributed by atoms with van der Waals surface area (Å²) in [6.45, 7) is 0. The molecule has 0 saturated carbocycles. The predicted molar refractivity (Wildman–Crippen MR) is 109 cm³/mol. The molecular formula is C22H24NO3P. The molecule has 27 heavy (non-hydrogen) atoms. The van der Waals surface area contributed by atoms with Crippen molar-refractivity contribution in [3.63, 3.8) is 0 Å². The topological polar surface area (TPSA) is 47.6 Å². The van der Waals surface area contributed by atoms with Crippen LogP contribution in [0.4, 0.5) is 0 Å². The van der Waals surface area contributed by atoms with Gasteiger partial charge in [0.25, 0.3) is 0 Å². The Labute approximate surface area is 160 Å². The first-order chi connectivity index (χ1) is 13.2. The van der Waals surface area contributed by atoms with Gasteiger partial charge in [-0.25, -0.2) is 0 Å². The third kappa shape index (κ3) is 4.55. The summed E-state index contributed by atoms with van der Waals surface area (Å²) in [7, 11) is -0.582. The molecule has 0 spiro atoms. The van der Waals surface area contributed by atoms with E-state index in [0.717, 1.165) is 16.7 Å². The van der Waals surface area contributed by atoms with Crippen molar-refractivity contribution in [1.82, 2.24) is 5.32 Å². The highest BCUT2D eigenvalue weighted by molar-refractivity contribution is 7.54. The molecule has 0 heterocycles. The molecule has 3 aromatic rings. The van der Waals surface area contributed by atoms with Crippen LogP contribution in [-0.2, 0) is 13.6 Å². The van der Waals surface area contributed by atoms with E-state index in [-0.39, 0.29) is 6.04 Å². The minimum absolute atomic E-state index is 0.170. The molecule has 0 aliphatic rings. The molecule has 5 heteroatoms. The normalized spacial score (nSPS) is 12.9. The van der Waals surface area contributed by atoms with Gasteiger partial charge < -0.3 is 9.05 Å². The zero-order valence-electron chi connectivity index (χ0n) is 15.5. The smallest absolute Gasteiger partial charge is 0.311 e. The van der Waals surface area contributed by atoms with Crippen LogP contribution in [0, 0.1) is 0 Å².